The number of sulfonamides is 1. The Bertz CT molecular complexity index is 1100. The number of rotatable bonds is 9. The van der Waals surface area contributed by atoms with Crippen molar-refractivity contribution in [3.63, 3.8) is 0 Å². The van der Waals surface area contributed by atoms with Crippen LogP contribution in [0.5, 0.6) is 0 Å². The Labute approximate surface area is 182 Å². The van der Waals surface area contributed by atoms with Gasteiger partial charge in [-0.3, -0.25) is 9.10 Å². The molecule has 0 aliphatic carbocycles. The fourth-order valence-electron chi connectivity index (χ4n) is 3.10. The molecule has 0 aliphatic heterocycles. The number of anilines is 1. The molecule has 0 spiro atoms. The van der Waals surface area contributed by atoms with Crippen molar-refractivity contribution < 1.29 is 17.6 Å². The molecule has 1 amide bonds. The molecule has 7 heteroatoms. The zero-order chi connectivity index (χ0) is 22.3. The first-order valence-corrected chi connectivity index (χ1v) is 11.5. The maximum absolute atomic E-state index is 13.4. The summed E-state index contributed by atoms with van der Waals surface area (Å²) in [6, 6.07) is 21.1. The van der Waals surface area contributed by atoms with Gasteiger partial charge in [-0.1, -0.05) is 48.0 Å². The minimum Gasteiger partial charge on any atom is -0.355 e. The summed E-state index contributed by atoms with van der Waals surface area (Å²) in [5.41, 5.74) is 2.59. The Balaban J connectivity index is 1.67. The van der Waals surface area contributed by atoms with Crippen molar-refractivity contribution in [1.82, 2.24) is 5.32 Å². The normalized spacial score (nSPS) is 11.2. The number of nitrogens with zero attached hydrogens (tertiary/aromatic N) is 1. The predicted octanol–water partition coefficient (Wildman–Crippen LogP) is 4.08. The van der Waals surface area contributed by atoms with E-state index in [-0.39, 0.29) is 10.6 Å². The van der Waals surface area contributed by atoms with Crippen LogP contribution in [0.4, 0.5) is 10.1 Å². The summed E-state index contributed by atoms with van der Waals surface area (Å²) in [6.45, 7) is 2.06. The zero-order valence-corrected chi connectivity index (χ0v) is 18.1. The van der Waals surface area contributed by atoms with Gasteiger partial charge in [-0.05, 0) is 61.7 Å². The molecule has 0 aliphatic rings. The van der Waals surface area contributed by atoms with E-state index in [1.807, 2.05) is 19.1 Å². The lowest BCUT2D eigenvalue weighted by Crippen LogP contribution is -2.41. The minimum atomic E-state index is -3.99. The third kappa shape index (κ3) is 6.15. The van der Waals surface area contributed by atoms with Crippen molar-refractivity contribution in [2.45, 2.75) is 24.7 Å². The molecule has 3 aromatic rings. The molecular weight excluding hydrogens is 415 g/mol. The number of carbonyl (C=O) groups is 1. The molecule has 3 rings (SSSR count). The van der Waals surface area contributed by atoms with E-state index in [2.05, 4.69) is 17.4 Å². The fourth-order valence-corrected chi connectivity index (χ4v) is 4.55. The van der Waals surface area contributed by atoms with Gasteiger partial charge in [0.25, 0.3) is 10.0 Å². The van der Waals surface area contributed by atoms with Crippen LogP contribution in [0.15, 0.2) is 83.8 Å². The topological polar surface area (TPSA) is 66.5 Å². The highest BCUT2D eigenvalue weighted by atomic mass is 32.2. The Hall–Kier alpha value is -3.19. The van der Waals surface area contributed by atoms with E-state index in [1.165, 1.54) is 47.5 Å². The lowest BCUT2D eigenvalue weighted by atomic mass is 10.1. The molecular formula is C24H25FN2O3S. The number of aryl methyl sites for hydroxylation is 2. The van der Waals surface area contributed by atoms with Gasteiger partial charge in [-0.25, -0.2) is 12.8 Å². The van der Waals surface area contributed by atoms with Crippen LogP contribution in [-0.2, 0) is 21.2 Å². The summed E-state index contributed by atoms with van der Waals surface area (Å²) in [5.74, 6) is -0.908. The van der Waals surface area contributed by atoms with Crippen molar-refractivity contribution >= 4 is 21.6 Å². The summed E-state index contributed by atoms with van der Waals surface area (Å²) in [6.07, 6.45) is 1.54. The fraction of sp³-hybridized carbons (Fsp3) is 0.208. The van der Waals surface area contributed by atoms with Gasteiger partial charge in [-0.15, -0.1) is 0 Å². The van der Waals surface area contributed by atoms with Crippen LogP contribution in [0, 0.1) is 12.7 Å². The lowest BCUT2D eigenvalue weighted by molar-refractivity contribution is -0.119. The van der Waals surface area contributed by atoms with E-state index >= 15 is 0 Å². The molecule has 0 atom stereocenters. The average Bonchev–Trinajstić information content (AvgIpc) is 2.77. The third-order valence-corrected chi connectivity index (χ3v) is 6.61. The van der Waals surface area contributed by atoms with Crippen LogP contribution in [0.1, 0.15) is 17.5 Å². The molecule has 0 aromatic heterocycles. The van der Waals surface area contributed by atoms with Crippen molar-refractivity contribution in [2.75, 3.05) is 17.4 Å². The summed E-state index contributed by atoms with van der Waals surface area (Å²) >= 11 is 0. The molecule has 31 heavy (non-hydrogen) atoms. The molecule has 0 fully saturated rings. The predicted molar refractivity (Wildman–Crippen MR) is 120 cm³/mol. The van der Waals surface area contributed by atoms with Gasteiger partial charge < -0.3 is 5.32 Å². The van der Waals surface area contributed by atoms with Gasteiger partial charge in [0.2, 0.25) is 5.91 Å². The average molecular weight is 441 g/mol. The lowest BCUT2D eigenvalue weighted by Gasteiger charge is -2.24. The van der Waals surface area contributed by atoms with E-state index in [1.54, 1.807) is 18.2 Å². The second-order valence-corrected chi connectivity index (χ2v) is 9.10. The third-order valence-electron chi connectivity index (χ3n) is 4.82. The van der Waals surface area contributed by atoms with Crippen molar-refractivity contribution in [3.05, 3.63) is 95.8 Å². The Kier molecular flexibility index (Phi) is 7.41. The smallest absolute Gasteiger partial charge is 0.264 e. The van der Waals surface area contributed by atoms with Crippen LogP contribution in [0.3, 0.4) is 0 Å². The number of amides is 1. The summed E-state index contributed by atoms with van der Waals surface area (Å²) in [5, 5.41) is 2.78. The van der Waals surface area contributed by atoms with E-state index in [4.69, 9.17) is 0 Å². The molecule has 1 N–H and O–H groups in total. The molecule has 0 bridgehead atoms. The minimum absolute atomic E-state index is 0.0616. The second kappa shape index (κ2) is 10.2. The number of benzene rings is 3. The summed E-state index contributed by atoms with van der Waals surface area (Å²) in [7, 11) is -3.99. The van der Waals surface area contributed by atoms with Crippen LogP contribution in [0.2, 0.25) is 0 Å². The number of halogens is 1. The first kappa shape index (κ1) is 22.5. The summed E-state index contributed by atoms with van der Waals surface area (Å²) in [4.78, 5) is 12.6. The van der Waals surface area contributed by atoms with E-state index in [9.17, 15) is 17.6 Å². The van der Waals surface area contributed by atoms with Gasteiger partial charge in [0.05, 0.1) is 10.6 Å². The first-order valence-electron chi connectivity index (χ1n) is 10.0. The Morgan fingerprint density at radius 2 is 1.58 bits per heavy atom. The maximum atomic E-state index is 13.4. The van der Waals surface area contributed by atoms with Crippen molar-refractivity contribution in [3.8, 4) is 0 Å². The van der Waals surface area contributed by atoms with Crippen LogP contribution in [-0.4, -0.2) is 27.4 Å². The molecule has 0 saturated heterocycles. The SMILES string of the molecule is Cc1ccc(CCCNC(=O)CN(c2ccc(F)cc2)S(=O)(=O)c2ccccc2)cc1. The highest BCUT2D eigenvalue weighted by Crippen LogP contribution is 2.23. The zero-order valence-electron chi connectivity index (χ0n) is 17.3. The maximum Gasteiger partial charge on any atom is 0.264 e. The Morgan fingerprint density at radius 1 is 0.935 bits per heavy atom. The summed E-state index contributed by atoms with van der Waals surface area (Å²) < 4.78 is 40.6. The van der Waals surface area contributed by atoms with Gasteiger partial charge in [-0.2, -0.15) is 0 Å². The van der Waals surface area contributed by atoms with Gasteiger partial charge in [0.15, 0.2) is 0 Å². The number of hydrogen-bond donors (Lipinski definition) is 1. The number of hydrogen-bond acceptors (Lipinski definition) is 3. The molecule has 3 aromatic carbocycles. The number of nitrogens with one attached hydrogen (secondary N) is 1. The van der Waals surface area contributed by atoms with Gasteiger partial charge in [0.1, 0.15) is 12.4 Å². The van der Waals surface area contributed by atoms with Gasteiger partial charge in [0, 0.05) is 6.54 Å². The quantitative estimate of drug-likeness (QED) is 0.510. The van der Waals surface area contributed by atoms with Crippen molar-refractivity contribution in [2.24, 2.45) is 0 Å². The highest BCUT2D eigenvalue weighted by Gasteiger charge is 2.27. The highest BCUT2D eigenvalue weighted by molar-refractivity contribution is 7.92. The van der Waals surface area contributed by atoms with Crippen LogP contribution in [0.25, 0.3) is 0 Å². The van der Waals surface area contributed by atoms with Gasteiger partial charge >= 0.3 is 0 Å². The Morgan fingerprint density at radius 3 is 2.23 bits per heavy atom. The van der Waals surface area contributed by atoms with E-state index in [0.29, 0.717) is 6.54 Å². The van der Waals surface area contributed by atoms with E-state index < -0.39 is 28.3 Å². The first-order chi connectivity index (χ1) is 14.9. The largest absolute Gasteiger partial charge is 0.355 e. The van der Waals surface area contributed by atoms with E-state index in [0.717, 1.165) is 17.1 Å². The molecule has 0 heterocycles. The van der Waals surface area contributed by atoms with Crippen LogP contribution < -0.4 is 9.62 Å². The van der Waals surface area contributed by atoms with Crippen LogP contribution >= 0.6 is 0 Å². The molecule has 0 radical (unpaired) electrons. The standard InChI is InChI=1S/C24H25FN2O3S/c1-19-9-11-20(12-10-19)6-5-17-26-24(28)18-27(22-15-13-21(25)14-16-22)31(29,30)23-7-3-2-4-8-23/h2-4,7-16H,5-6,17-18H2,1H3,(H,26,28). The number of carbonyl (C=O) groups excluding carboxylic acids is 1. The van der Waals surface area contributed by atoms with Crippen molar-refractivity contribution in [1.29, 1.82) is 0 Å². The monoisotopic (exact) mass is 440 g/mol. The second-order valence-electron chi connectivity index (χ2n) is 7.24. The molecule has 5 nitrogen and oxygen atoms in total. The molecule has 162 valence electrons. The molecule has 0 unspecified atom stereocenters. The molecule has 0 saturated carbocycles.